The van der Waals surface area contributed by atoms with Gasteiger partial charge >= 0.3 is 0 Å². The molecule has 11 heteroatoms. The van der Waals surface area contributed by atoms with Gasteiger partial charge in [0.05, 0.1) is 20.4 Å². The molecule has 1 amide bonds. The van der Waals surface area contributed by atoms with Crippen LogP contribution in [0.4, 0.5) is 11.4 Å². The smallest absolute Gasteiger partial charge is 0.261 e. The topological polar surface area (TPSA) is 104 Å². The first-order valence-electron chi connectivity index (χ1n) is 10.3. The van der Waals surface area contributed by atoms with Gasteiger partial charge in [-0.15, -0.1) is 0 Å². The third-order valence-corrected chi connectivity index (χ3v) is 9.01. The number of rotatable bonds is 6. The predicted octanol–water partition coefficient (Wildman–Crippen LogP) is 3.59. The monoisotopic (exact) mass is 519 g/mol. The first kappa shape index (κ1) is 24.2. The summed E-state index contributed by atoms with van der Waals surface area (Å²) in [6.45, 7) is 0.343. The summed E-state index contributed by atoms with van der Waals surface area (Å²) in [6, 6.07) is 16.9. The van der Waals surface area contributed by atoms with Gasteiger partial charge in [0.25, 0.3) is 15.9 Å². The van der Waals surface area contributed by atoms with Gasteiger partial charge in [0.1, 0.15) is 0 Å². The van der Waals surface area contributed by atoms with Crippen LogP contribution in [0.3, 0.4) is 0 Å². The summed E-state index contributed by atoms with van der Waals surface area (Å²) in [4.78, 5) is 15.1. The number of benzene rings is 3. The SMILES string of the molecule is CN(C)S(=O)(=O)c1ccc2c(c1)CCN2C(=O)c1cc(NS(=O)(=O)c2ccccc2)ccc1Cl. The van der Waals surface area contributed by atoms with E-state index in [2.05, 4.69) is 4.72 Å². The second kappa shape index (κ2) is 9.03. The highest BCUT2D eigenvalue weighted by molar-refractivity contribution is 7.92. The Hall–Kier alpha value is -2.92. The molecule has 0 fully saturated rings. The molecule has 1 heterocycles. The fourth-order valence-corrected chi connectivity index (χ4v) is 5.89. The molecule has 3 aromatic rings. The zero-order valence-corrected chi connectivity index (χ0v) is 20.8. The molecule has 0 saturated heterocycles. The normalized spacial score (nSPS) is 13.7. The van der Waals surface area contributed by atoms with E-state index in [0.717, 1.165) is 9.87 Å². The minimum atomic E-state index is -3.84. The van der Waals surface area contributed by atoms with Gasteiger partial charge in [-0.3, -0.25) is 9.52 Å². The average molecular weight is 520 g/mol. The van der Waals surface area contributed by atoms with Crippen molar-refractivity contribution in [2.24, 2.45) is 0 Å². The number of hydrogen-bond acceptors (Lipinski definition) is 5. The molecule has 0 bridgehead atoms. The molecule has 0 atom stereocenters. The lowest BCUT2D eigenvalue weighted by Crippen LogP contribution is -2.29. The van der Waals surface area contributed by atoms with Gasteiger partial charge in [-0.1, -0.05) is 29.8 Å². The number of sulfonamides is 2. The standard InChI is InChI=1S/C23H22ClN3O5S2/c1-26(2)34(31,32)19-9-11-22-16(14-19)12-13-27(22)23(28)20-15-17(8-10-21(20)24)25-33(29,30)18-6-4-3-5-7-18/h3-11,14-15,25H,12-13H2,1-2H3. The Bertz CT molecular complexity index is 1470. The van der Waals surface area contributed by atoms with Gasteiger partial charge in [0.15, 0.2) is 0 Å². The Balaban J connectivity index is 1.63. The van der Waals surface area contributed by atoms with Crippen LogP contribution in [-0.2, 0) is 26.5 Å². The maximum Gasteiger partial charge on any atom is 0.261 e. The number of fused-ring (bicyclic) bond motifs is 1. The van der Waals surface area contributed by atoms with Crippen LogP contribution in [0, 0.1) is 0 Å². The number of nitrogens with zero attached hydrogens (tertiary/aromatic N) is 2. The highest BCUT2D eigenvalue weighted by Crippen LogP contribution is 2.33. The molecule has 0 aromatic heterocycles. The minimum Gasteiger partial charge on any atom is -0.308 e. The van der Waals surface area contributed by atoms with E-state index in [1.165, 1.54) is 55.4 Å². The van der Waals surface area contributed by atoms with Crippen LogP contribution in [0.15, 0.2) is 76.5 Å². The molecule has 0 radical (unpaired) electrons. The molecule has 1 aliphatic heterocycles. The van der Waals surface area contributed by atoms with Gasteiger partial charge in [-0.2, -0.15) is 0 Å². The summed E-state index contributed by atoms with van der Waals surface area (Å²) in [5.41, 5.74) is 1.65. The second-order valence-corrected chi connectivity index (χ2v) is 12.1. The third kappa shape index (κ3) is 4.54. The first-order chi connectivity index (χ1) is 16.0. The molecular weight excluding hydrogens is 498 g/mol. The third-order valence-electron chi connectivity index (χ3n) is 5.47. The van der Waals surface area contributed by atoms with E-state index < -0.39 is 26.0 Å². The second-order valence-electron chi connectivity index (χ2n) is 7.90. The molecule has 0 spiro atoms. The molecule has 1 aliphatic rings. The number of carbonyl (C=O) groups is 1. The largest absolute Gasteiger partial charge is 0.308 e. The van der Waals surface area contributed by atoms with Crippen LogP contribution in [0.1, 0.15) is 15.9 Å². The maximum atomic E-state index is 13.3. The Labute approximate surface area is 203 Å². The lowest BCUT2D eigenvalue weighted by Gasteiger charge is -2.19. The Morgan fingerprint density at radius 3 is 2.32 bits per heavy atom. The lowest BCUT2D eigenvalue weighted by molar-refractivity contribution is 0.0989. The van der Waals surface area contributed by atoms with Crippen molar-refractivity contribution in [1.29, 1.82) is 0 Å². The van der Waals surface area contributed by atoms with Crippen molar-refractivity contribution in [2.45, 2.75) is 16.2 Å². The number of amides is 1. The first-order valence-corrected chi connectivity index (χ1v) is 13.6. The Kier molecular flexibility index (Phi) is 6.43. The fraction of sp³-hybridized carbons (Fsp3) is 0.174. The maximum absolute atomic E-state index is 13.3. The van der Waals surface area contributed by atoms with Gasteiger partial charge in [0, 0.05) is 32.0 Å². The quantitative estimate of drug-likeness (QED) is 0.536. The van der Waals surface area contributed by atoms with Crippen LogP contribution >= 0.6 is 11.6 Å². The molecule has 0 unspecified atom stereocenters. The molecule has 4 rings (SSSR count). The Morgan fingerprint density at radius 2 is 1.65 bits per heavy atom. The molecule has 8 nitrogen and oxygen atoms in total. The number of nitrogens with one attached hydrogen (secondary N) is 1. The summed E-state index contributed by atoms with van der Waals surface area (Å²) >= 11 is 6.30. The Morgan fingerprint density at radius 1 is 0.941 bits per heavy atom. The van der Waals surface area contributed by atoms with Crippen LogP contribution in [0.25, 0.3) is 0 Å². The summed E-state index contributed by atoms with van der Waals surface area (Å²) in [5, 5.41) is 0.174. The van der Waals surface area contributed by atoms with Gasteiger partial charge < -0.3 is 4.90 Å². The minimum absolute atomic E-state index is 0.0924. The van der Waals surface area contributed by atoms with Gasteiger partial charge in [0.2, 0.25) is 10.0 Å². The molecule has 34 heavy (non-hydrogen) atoms. The number of hydrogen-bond donors (Lipinski definition) is 1. The van der Waals surface area contributed by atoms with E-state index >= 15 is 0 Å². The summed E-state index contributed by atoms with van der Waals surface area (Å²) in [6.07, 6.45) is 0.482. The van der Waals surface area contributed by atoms with Crippen molar-refractivity contribution in [3.8, 4) is 0 Å². The molecule has 3 aromatic carbocycles. The van der Waals surface area contributed by atoms with Crippen molar-refractivity contribution >= 4 is 48.9 Å². The summed E-state index contributed by atoms with van der Waals surface area (Å²) in [7, 11) is -4.52. The van der Waals surface area contributed by atoms with E-state index in [1.807, 2.05) is 0 Å². The zero-order valence-electron chi connectivity index (χ0n) is 18.4. The molecule has 1 N–H and O–H groups in total. The average Bonchev–Trinajstić information content (AvgIpc) is 3.23. The number of carbonyl (C=O) groups excluding carboxylic acids is 1. The van der Waals surface area contributed by atoms with Crippen LogP contribution < -0.4 is 9.62 Å². The number of anilines is 2. The van der Waals surface area contributed by atoms with Crippen LogP contribution in [0.2, 0.25) is 5.02 Å². The van der Waals surface area contributed by atoms with Gasteiger partial charge in [-0.25, -0.2) is 21.1 Å². The number of halogens is 1. The van der Waals surface area contributed by atoms with E-state index in [1.54, 1.807) is 30.3 Å². The highest BCUT2D eigenvalue weighted by Gasteiger charge is 2.29. The molecular formula is C23H22ClN3O5S2. The lowest BCUT2D eigenvalue weighted by atomic mass is 10.1. The van der Waals surface area contributed by atoms with E-state index in [4.69, 9.17) is 11.6 Å². The zero-order chi connectivity index (χ0) is 24.7. The highest BCUT2D eigenvalue weighted by atomic mass is 35.5. The predicted molar refractivity (Wildman–Crippen MR) is 131 cm³/mol. The van der Waals surface area contributed by atoms with Gasteiger partial charge in [-0.05, 0) is 60.5 Å². The molecule has 0 saturated carbocycles. The van der Waals surface area contributed by atoms with Crippen molar-refractivity contribution in [3.05, 3.63) is 82.9 Å². The molecule has 0 aliphatic carbocycles. The fourth-order valence-electron chi connectivity index (χ4n) is 3.67. The van der Waals surface area contributed by atoms with Crippen molar-refractivity contribution in [3.63, 3.8) is 0 Å². The van der Waals surface area contributed by atoms with E-state index in [0.29, 0.717) is 18.7 Å². The summed E-state index contributed by atoms with van der Waals surface area (Å²) in [5.74, 6) is -0.410. The van der Waals surface area contributed by atoms with Crippen molar-refractivity contribution in [1.82, 2.24) is 4.31 Å². The van der Waals surface area contributed by atoms with Crippen LogP contribution in [0.5, 0.6) is 0 Å². The van der Waals surface area contributed by atoms with E-state index in [9.17, 15) is 21.6 Å². The van der Waals surface area contributed by atoms with Crippen LogP contribution in [-0.4, -0.2) is 47.7 Å². The van der Waals surface area contributed by atoms with E-state index in [-0.39, 0.29) is 26.1 Å². The van der Waals surface area contributed by atoms with Crippen molar-refractivity contribution < 1.29 is 21.6 Å². The van der Waals surface area contributed by atoms with Crippen molar-refractivity contribution in [2.75, 3.05) is 30.3 Å². The molecule has 178 valence electrons. The summed E-state index contributed by atoms with van der Waals surface area (Å²) < 4.78 is 53.8.